The van der Waals surface area contributed by atoms with Crippen LogP contribution in [-0.2, 0) is 0 Å². The Morgan fingerprint density at radius 2 is 1.31 bits per heavy atom. The van der Waals surface area contributed by atoms with Crippen LogP contribution in [0.5, 0.6) is 0 Å². The van der Waals surface area contributed by atoms with Crippen LogP contribution in [0.15, 0.2) is 0 Å². The van der Waals surface area contributed by atoms with E-state index in [1.807, 2.05) is 0 Å². The van der Waals surface area contributed by atoms with E-state index in [1.165, 1.54) is 57.8 Å². The molecule has 0 aromatic carbocycles. The molecule has 0 aliphatic rings. The molecule has 0 saturated heterocycles. The van der Waals surface area contributed by atoms with Crippen molar-refractivity contribution in [2.75, 3.05) is 7.05 Å². The number of rotatable bonds is 11. The molecule has 2 atom stereocenters. The largest absolute Gasteiger partial charge is 0.317 e. The summed E-state index contributed by atoms with van der Waals surface area (Å²) in [6.45, 7) is 6.92. The van der Waals surface area contributed by atoms with E-state index < -0.39 is 0 Å². The summed E-state index contributed by atoms with van der Waals surface area (Å²) in [5.41, 5.74) is 0. The molecule has 0 fully saturated rings. The molecule has 0 aromatic rings. The first kappa shape index (κ1) is 16.0. The summed E-state index contributed by atoms with van der Waals surface area (Å²) < 4.78 is 0. The Hall–Kier alpha value is -0.0400. The molecule has 1 N–H and O–H groups in total. The predicted molar refractivity (Wildman–Crippen MR) is 74.9 cm³/mol. The maximum Gasteiger partial charge on any atom is 0.00639 e. The van der Waals surface area contributed by atoms with Crippen molar-refractivity contribution in [3.8, 4) is 0 Å². The summed E-state index contributed by atoms with van der Waals surface area (Å²) in [5.74, 6) is 0.897. The summed E-state index contributed by atoms with van der Waals surface area (Å²) in [7, 11) is 2.10. The lowest BCUT2D eigenvalue weighted by molar-refractivity contribution is 0.326. The lowest BCUT2D eigenvalue weighted by Crippen LogP contribution is -2.30. The average molecular weight is 227 g/mol. The van der Waals surface area contributed by atoms with E-state index in [2.05, 4.69) is 33.1 Å². The molecule has 0 saturated carbocycles. The smallest absolute Gasteiger partial charge is 0.00639 e. The lowest BCUT2D eigenvalue weighted by atomic mass is 9.89. The maximum absolute atomic E-state index is 3.43. The third-order valence-corrected chi connectivity index (χ3v) is 3.77. The minimum absolute atomic E-state index is 0.693. The van der Waals surface area contributed by atoms with Gasteiger partial charge in [-0.1, -0.05) is 58.8 Å². The summed E-state index contributed by atoms with van der Waals surface area (Å²) >= 11 is 0. The number of hydrogen-bond acceptors (Lipinski definition) is 1. The highest BCUT2D eigenvalue weighted by molar-refractivity contribution is 4.71. The zero-order valence-electron chi connectivity index (χ0n) is 12.0. The molecule has 0 aliphatic carbocycles. The molecule has 16 heavy (non-hydrogen) atoms. The minimum Gasteiger partial charge on any atom is -0.317 e. The molecule has 0 heterocycles. The van der Waals surface area contributed by atoms with E-state index in [0.717, 1.165) is 5.92 Å². The molecule has 0 spiro atoms. The van der Waals surface area contributed by atoms with Crippen LogP contribution in [0.4, 0.5) is 0 Å². The van der Waals surface area contributed by atoms with Gasteiger partial charge >= 0.3 is 0 Å². The van der Waals surface area contributed by atoms with Crippen molar-refractivity contribution in [2.24, 2.45) is 5.92 Å². The van der Waals surface area contributed by atoms with Gasteiger partial charge in [0.1, 0.15) is 0 Å². The van der Waals surface area contributed by atoms with Crippen molar-refractivity contribution in [1.82, 2.24) is 5.32 Å². The van der Waals surface area contributed by atoms with Gasteiger partial charge in [-0.25, -0.2) is 0 Å². The first-order valence-corrected chi connectivity index (χ1v) is 7.43. The maximum atomic E-state index is 3.43. The molecule has 0 aromatic heterocycles. The van der Waals surface area contributed by atoms with Gasteiger partial charge in [-0.05, 0) is 32.7 Å². The first-order valence-electron chi connectivity index (χ1n) is 7.43. The van der Waals surface area contributed by atoms with Gasteiger partial charge in [0.15, 0.2) is 0 Å². The minimum atomic E-state index is 0.693. The fourth-order valence-electron chi connectivity index (χ4n) is 2.37. The molecule has 0 amide bonds. The standard InChI is InChI=1S/C15H33N/c1-5-7-9-11-13-15(14(3)16-4)12-10-8-6-2/h14-16H,5-13H2,1-4H3. The number of hydrogen-bond donors (Lipinski definition) is 1. The van der Waals surface area contributed by atoms with Crippen molar-refractivity contribution >= 4 is 0 Å². The second-order valence-electron chi connectivity index (χ2n) is 5.18. The molecule has 98 valence electrons. The quantitative estimate of drug-likeness (QED) is 0.502. The molecule has 0 radical (unpaired) electrons. The van der Waals surface area contributed by atoms with Gasteiger partial charge in [0.05, 0.1) is 0 Å². The summed E-state index contributed by atoms with van der Waals surface area (Å²) in [4.78, 5) is 0. The Morgan fingerprint density at radius 3 is 1.81 bits per heavy atom. The third-order valence-electron chi connectivity index (χ3n) is 3.77. The molecule has 1 nitrogen and oxygen atoms in total. The Bertz CT molecular complexity index is 133. The van der Waals surface area contributed by atoms with Crippen LogP contribution in [0.25, 0.3) is 0 Å². The van der Waals surface area contributed by atoms with E-state index in [9.17, 15) is 0 Å². The Labute approximate surface area is 103 Å². The topological polar surface area (TPSA) is 12.0 Å². The molecular weight excluding hydrogens is 194 g/mol. The normalized spacial score (nSPS) is 15.0. The molecule has 0 aliphatic heterocycles. The second-order valence-corrected chi connectivity index (χ2v) is 5.18. The molecule has 0 bridgehead atoms. The third kappa shape index (κ3) is 8.15. The van der Waals surface area contributed by atoms with Crippen LogP contribution in [-0.4, -0.2) is 13.1 Å². The van der Waals surface area contributed by atoms with Crippen LogP contribution in [0.2, 0.25) is 0 Å². The van der Waals surface area contributed by atoms with E-state index in [-0.39, 0.29) is 0 Å². The van der Waals surface area contributed by atoms with E-state index in [4.69, 9.17) is 0 Å². The average Bonchev–Trinajstić information content (AvgIpc) is 2.31. The highest BCUT2D eigenvalue weighted by atomic mass is 14.9. The van der Waals surface area contributed by atoms with Crippen molar-refractivity contribution in [3.63, 3.8) is 0 Å². The Balaban J connectivity index is 3.72. The van der Waals surface area contributed by atoms with Crippen LogP contribution in [0.3, 0.4) is 0 Å². The van der Waals surface area contributed by atoms with Crippen LogP contribution in [0, 0.1) is 5.92 Å². The summed E-state index contributed by atoms with van der Waals surface area (Å²) in [6.07, 6.45) is 12.6. The summed E-state index contributed by atoms with van der Waals surface area (Å²) in [6, 6.07) is 0.693. The number of nitrogens with one attached hydrogen (secondary N) is 1. The van der Waals surface area contributed by atoms with Crippen molar-refractivity contribution in [2.45, 2.75) is 84.6 Å². The van der Waals surface area contributed by atoms with E-state index in [1.54, 1.807) is 0 Å². The van der Waals surface area contributed by atoms with Gasteiger partial charge in [-0.2, -0.15) is 0 Å². The van der Waals surface area contributed by atoms with Gasteiger partial charge in [0.2, 0.25) is 0 Å². The van der Waals surface area contributed by atoms with Gasteiger partial charge in [-0.3, -0.25) is 0 Å². The molecule has 1 heteroatoms. The fraction of sp³-hybridized carbons (Fsp3) is 1.00. The van der Waals surface area contributed by atoms with Crippen LogP contribution in [0.1, 0.15) is 78.6 Å². The van der Waals surface area contributed by atoms with Crippen molar-refractivity contribution < 1.29 is 0 Å². The van der Waals surface area contributed by atoms with Crippen LogP contribution >= 0.6 is 0 Å². The van der Waals surface area contributed by atoms with Gasteiger partial charge in [0.25, 0.3) is 0 Å². The fourth-order valence-corrected chi connectivity index (χ4v) is 2.37. The predicted octanol–water partition coefficient (Wildman–Crippen LogP) is 4.76. The highest BCUT2D eigenvalue weighted by Crippen LogP contribution is 2.21. The van der Waals surface area contributed by atoms with Gasteiger partial charge in [0, 0.05) is 6.04 Å². The van der Waals surface area contributed by atoms with E-state index >= 15 is 0 Å². The monoisotopic (exact) mass is 227 g/mol. The molecular formula is C15H33N. The highest BCUT2D eigenvalue weighted by Gasteiger charge is 2.14. The molecule has 2 unspecified atom stereocenters. The SMILES string of the molecule is CCCCCCC(CCCCC)C(C)NC. The van der Waals surface area contributed by atoms with Crippen LogP contribution < -0.4 is 5.32 Å². The zero-order chi connectivity index (χ0) is 12.2. The van der Waals surface area contributed by atoms with Crippen molar-refractivity contribution in [3.05, 3.63) is 0 Å². The molecule has 0 rings (SSSR count). The Morgan fingerprint density at radius 1 is 0.812 bits per heavy atom. The van der Waals surface area contributed by atoms with Gasteiger partial charge in [-0.15, -0.1) is 0 Å². The van der Waals surface area contributed by atoms with Gasteiger partial charge < -0.3 is 5.32 Å². The summed E-state index contributed by atoms with van der Waals surface area (Å²) in [5, 5.41) is 3.43. The zero-order valence-corrected chi connectivity index (χ0v) is 12.0. The first-order chi connectivity index (χ1) is 7.76. The number of unbranched alkanes of at least 4 members (excludes halogenated alkanes) is 5. The Kier molecular flexibility index (Phi) is 11.4. The van der Waals surface area contributed by atoms with E-state index in [0.29, 0.717) is 6.04 Å². The van der Waals surface area contributed by atoms with Crippen molar-refractivity contribution in [1.29, 1.82) is 0 Å². The lowest BCUT2D eigenvalue weighted by Gasteiger charge is -2.23. The second kappa shape index (κ2) is 11.4.